The lowest BCUT2D eigenvalue weighted by Gasteiger charge is -2.28. The lowest BCUT2D eigenvalue weighted by atomic mass is 9.93. The molecular formula is C12H19ClN4O. The van der Waals surface area contributed by atoms with E-state index in [9.17, 15) is 4.79 Å². The molecule has 0 aliphatic rings. The number of carbonyl (C=O) groups excluding carboxylic acids is 1. The van der Waals surface area contributed by atoms with E-state index in [4.69, 9.17) is 11.6 Å². The van der Waals surface area contributed by atoms with Crippen LogP contribution in [0.5, 0.6) is 0 Å². The Hall–Kier alpha value is -1.20. The summed E-state index contributed by atoms with van der Waals surface area (Å²) >= 11 is 5.69. The zero-order valence-electron chi connectivity index (χ0n) is 11.2. The summed E-state index contributed by atoms with van der Waals surface area (Å²) in [5.41, 5.74) is 0.230. The molecule has 100 valence electrons. The molecule has 1 aromatic rings. The number of rotatable bonds is 5. The molecule has 0 radical (unpaired) electrons. The van der Waals surface area contributed by atoms with Crippen LogP contribution in [-0.2, 0) is 0 Å². The van der Waals surface area contributed by atoms with Crippen molar-refractivity contribution in [1.82, 2.24) is 20.2 Å². The van der Waals surface area contributed by atoms with E-state index < -0.39 is 0 Å². The van der Waals surface area contributed by atoms with Gasteiger partial charge in [0.1, 0.15) is 10.8 Å². The lowest BCUT2D eigenvalue weighted by molar-refractivity contribution is 0.0924. The van der Waals surface area contributed by atoms with Gasteiger partial charge in [-0.2, -0.15) is 0 Å². The molecule has 0 aliphatic carbocycles. The Morgan fingerprint density at radius 1 is 1.44 bits per heavy atom. The molecule has 0 bridgehead atoms. The van der Waals surface area contributed by atoms with Crippen molar-refractivity contribution in [1.29, 1.82) is 0 Å². The van der Waals surface area contributed by atoms with Crippen LogP contribution < -0.4 is 5.32 Å². The summed E-state index contributed by atoms with van der Waals surface area (Å²) in [7, 11) is 4.01. The molecule has 0 aromatic carbocycles. The summed E-state index contributed by atoms with van der Waals surface area (Å²) in [5, 5.41) is 3.06. The van der Waals surface area contributed by atoms with E-state index in [-0.39, 0.29) is 22.2 Å². The van der Waals surface area contributed by atoms with Gasteiger partial charge in [-0.3, -0.25) is 9.78 Å². The van der Waals surface area contributed by atoms with E-state index in [1.54, 1.807) is 0 Å². The molecule has 1 aromatic heterocycles. The maximum absolute atomic E-state index is 11.8. The molecule has 1 amide bonds. The molecule has 0 atom stereocenters. The summed E-state index contributed by atoms with van der Waals surface area (Å²) in [6.07, 6.45) is 2.80. The number of aromatic nitrogens is 2. The maximum Gasteiger partial charge on any atom is 0.271 e. The van der Waals surface area contributed by atoms with Crippen molar-refractivity contribution in [3.05, 3.63) is 23.2 Å². The van der Waals surface area contributed by atoms with Crippen molar-refractivity contribution < 1.29 is 4.79 Å². The minimum absolute atomic E-state index is 0.00877. The van der Waals surface area contributed by atoms with Crippen molar-refractivity contribution in [2.24, 2.45) is 5.41 Å². The van der Waals surface area contributed by atoms with Crippen LogP contribution in [0, 0.1) is 5.41 Å². The lowest BCUT2D eigenvalue weighted by Crippen LogP contribution is -2.40. The van der Waals surface area contributed by atoms with Crippen LogP contribution in [0.2, 0.25) is 5.15 Å². The average molecular weight is 271 g/mol. The van der Waals surface area contributed by atoms with E-state index in [1.165, 1.54) is 12.4 Å². The Kier molecular flexibility index (Phi) is 5.04. The van der Waals surface area contributed by atoms with Crippen LogP contribution in [0.4, 0.5) is 0 Å². The van der Waals surface area contributed by atoms with Gasteiger partial charge in [-0.25, -0.2) is 4.98 Å². The van der Waals surface area contributed by atoms with Gasteiger partial charge in [-0.1, -0.05) is 25.4 Å². The Morgan fingerprint density at radius 3 is 2.67 bits per heavy atom. The first-order valence-electron chi connectivity index (χ1n) is 5.71. The van der Waals surface area contributed by atoms with Crippen LogP contribution in [0.3, 0.4) is 0 Å². The first-order valence-corrected chi connectivity index (χ1v) is 6.08. The van der Waals surface area contributed by atoms with Gasteiger partial charge in [0.05, 0.1) is 12.4 Å². The first-order chi connectivity index (χ1) is 8.30. The zero-order chi connectivity index (χ0) is 13.8. The summed E-state index contributed by atoms with van der Waals surface area (Å²) < 4.78 is 0. The highest BCUT2D eigenvalue weighted by Gasteiger charge is 2.20. The summed E-state index contributed by atoms with van der Waals surface area (Å²) in [4.78, 5) is 21.7. The third kappa shape index (κ3) is 4.98. The molecule has 1 N–H and O–H groups in total. The fourth-order valence-electron chi connectivity index (χ4n) is 1.77. The van der Waals surface area contributed by atoms with Crippen LogP contribution in [-0.4, -0.2) is 48.0 Å². The second kappa shape index (κ2) is 6.11. The van der Waals surface area contributed by atoms with Crippen LogP contribution in [0.1, 0.15) is 24.3 Å². The van der Waals surface area contributed by atoms with Gasteiger partial charge < -0.3 is 10.2 Å². The molecule has 0 fully saturated rings. The number of hydrogen-bond donors (Lipinski definition) is 1. The molecule has 0 spiro atoms. The van der Waals surface area contributed by atoms with Gasteiger partial charge in [-0.05, 0) is 19.5 Å². The molecule has 0 saturated carbocycles. The Balaban J connectivity index is 2.56. The third-order valence-corrected chi connectivity index (χ3v) is 2.49. The average Bonchev–Trinajstić information content (AvgIpc) is 2.24. The van der Waals surface area contributed by atoms with Crippen molar-refractivity contribution in [2.75, 3.05) is 27.2 Å². The van der Waals surface area contributed by atoms with Gasteiger partial charge in [0, 0.05) is 13.1 Å². The highest BCUT2D eigenvalue weighted by molar-refractivity contribution is 6.29. The van der Waals surface area contributed by atoms with Gasteiger partial charge in [0.15, 0.2) is 0 Å². The number of nitrogens with zero attached hydrogens (tertiary/aromatic N) is 3. The van der Waals surface area contributed by atoms with Gasteiger partial charge in [0.25, 0.3) is 5.91 Å². The minimum Gasteiger partial charge on any atom is -0.350 e. The molecule has 0 saturated heterocycles. The summed E-state index contributed by atoms with van der Waals surface area (Å²) in [6.45, 7) is 5.64. The van der Waals surface area contributed by atoms with Crippen molar-refractivity contribution in [3.8, 4) is 0 Å². The first kappa shape index (κ1) is 14.9. The van der Waals surface area contributed by atoms with Crippen LogP contribution in [0.25, 0.3) is 0 Å². The monoisotopic (exact) mass is 270 g/mol. The maximum atomic E-state index is 11.8. The summed E-state index contributed by atoms with van der Waals surface area (Å²) in [6, 6.07) is 0. The van der Waals surface area contributed by atoms with E-state index in [1.807, 2.05) is 14.1 Å². The third-order valence-electron chi connectivity index (χ3n) is 2.31. The van der Waals surface area contributed by atoms with E-state index >= 15 is 0 Å². The van der Waals surface area contributed by atoms with Crippen molar-refractivity contribution in [3.63, 3.8) is 0 Å². The topological polar surface area (TPSA) is 58.1 Å². The number of nitrogens with one attached hydrogen (secondary N) is 1. The summed E-state index contributed by atoms with van der Waals surface area (Å²) in [5.74, 6) is -0.253. The number of hydrogen-bond acceptors (Lipinski definition) is 4. The van der Waals surface area contributed by atoms with Gasteiger partial charge in [0.2, 0.25) is 0 Å². The van der Waals surface area contributed by atoms with E-state index in [0.29, 0.717) is 6.54 Å². The SMILES string of the molecule is CN(C)CC(C)(C)CNC(=O)c1cncc(Cl)n1. The predicted octanol–water partition coefficient (Wildman–Crippen LogP) is 1.45. The highest BCUT2D eigenvalue weighted by Crippen LogP contribution is 2.14. The molecule has 1 rings (SSSR count). The number of amides is 1. The second-order valence-corrected chi connectivity index (χ2v) is 5.70. The Bertz CT molecular complexity index is 420. The van der Waals surface area contributed by atoms with Crippen LogP contribution in [0.15, 0.2) is 12.4 Å². The molecule has 5 nitrogen and oxygen atoms in total. The minimum atomic E-state index is -0.253. The van der Waals surface area contributed by atoms with Crippen LogP contribution >= 0.6 is 11.6 Å². The predicted molar refractivity (Wildman–Crippen MR) is 71.7 cm³/mol. The number of halogens is 1. The quantitative estimate of drug-likeness (QED) is 0.880. The van der Waals surface area contributed by atoms with Crippen molar-refractivity contribution >= 4 is 17.5 Å². The number of carbonyl (C=O) groups is 1. The van der Waals surface area contributed by atoms with E-state index in [0.717, 1.165) is 6.54 Å². The molecule has 0 unspecified atom stereocenters. The van der Waals surface area contributed by atoms with E-state index in [2.05, 4.69) is 34.0 Å². The van der Waals surface area contributed by atoms with Gasteiger partial charge in [-0.15, -0.1) is 0 Å². The Morgan fingerprint density at radius 2 is 2.11 bits per heavy atom. The normalized spacial score (nSPS) is 11.7. The molecular weight excluding hydrogens is 252 g/mol. The molecule has 18 heavy (non-hydrogen) atoms. The van der Waals surface area contributed by atoms with Gasteiger partial charge >= 0.3 is 0 Å². The standard InChI is InChI=1S/C12H19ClN4O/c1-12(2,8-17(3)4)7-15-11(18)9-5-14-6-10(13)16-9/h5-6H,7-8H2,1-4H3,(H,15,18). The second-order valence-electron chi connectivity index (χ2n) is 5.31. The Labute approximate surface area is 113 Å². The fourth-order valence-corrected chi connectivity index (χ4v) is 1.92. The highest BCUT2D eigenvalue weighted by atomic mass is 35.5. The molecule has 6 heteroatoms. The largest absolute Gasteiger partial charge is 0.350 e. The molecule has 1 heterocycles. The molecule has 0 aliphatic heterocycles. The van der Waals surface area contributed by atoms with Crippen molar-refractivity contribution in [2.45, 2.75) is 13.8 Å². The smallest absolute Gasteiger partial charge is 0.271 e. The fraction of sp³-hybridized carbons (Fsp3) is 0.583. The zero-order valence-corrected chi connectivity index (χ0v) is 12.0.